The SMILES string of the molecule is COc1c(C23CC4C[C@H](C2)C[C@@H](C4)C3)cc(Br)cc1C12C[C@H]3C[C@@H](C1)C[C@@H](C2)C3. The van der Waals surface area contributed by atoms with Gasteiger partial charge in [-0.3, -0.25) is 0 Å². The first kappa shape index (κ1) is 18.1. The largest absolute Gasteiger partial charge is 0.496 e. The summed E-state index contributed by atoms with van der Waals surface area (Å²) in [6.07, 6.45) is 17.6. The predicted octanol–water partition coefficient (Wildman–Crippen LogP) is 7.39. The molecule has 0 radical (unpaired) electrons. The summed E-state index contributed by atoms with van der Waals surface area (Å²) in [5.74, 6) is 7.19. The summed E-state index contributed by atoms with van der Waals surface area (Å²) in [4.78, 5) is 0. The van der Waals surface area contributed by atoms with Crippen molar-refractivity contribution in [1.29, 1.82) is 0 Å². The first-order chi connectivity index (χ1) is 14.0. The van der Waals surface area contributed by atoms with E-state index >= 15 is 0 Å². The van der Waals surface area contributed by atoms with E-state index in [9.17, 15) is 0 Å². The van der Waals surface area contributed by atoms with Gasteiger partial charge >= 0.3 is 0 Å². The Morgan fingerprint density at radius 3 is 1.24 bits per heavy atom. The van der Waals surface area contributed by atoms with Crippen molar-refractivity contribution in [2.75, 3.05) is 7.11 Å². The van der Waals surface area contributed by atoms with E-state index in [1.54, 1.807) is 11.1 Å². The van der Waals surface area contributed by atoms with Crippen LogP contribution in [0.25, 0.3) is 0 Å². The fourth-order valence-corrected chi connectivity index (χ4v) is 10.9. The monoisotopic (exact) mass is 454 g/mol. The quantitative estimate of drug-likeness (QED) is 0.462. The van der Waals surface area contributed by atoms with Gasteiger partial charge in [0.05, 0.1) is 7.11 Å². The fraction of sp³-hybridized carbons (Fsp3) is 0.778. The van der Waals surface area contributed by atoms with Crippen molar-refractivity contribution in [2.24, 2.45) is 35.5 Å². The molecule has 1 aromatic rings. The second-order valence-electron chi connectivity index (χ2n) is 12.4. The zero-order chi connectivity index (χ0) is 19.4. The average molecular weight is 455 g/mol. The van der Waals surface area contributed by atoms with Gasteiger partial charge in [-0.15, -0.1) is 0 Å². The van der Waals surface area contributed by atoms with Gasteiger partial charge in [-0.2, -0.15) is 0 Å². The molecule has 29 heavy (non-hydrogen) atoms. The van der Waals surface area contributed by atoms with Crippen LogP contribution < -0.4 is 4.74 Å². The van der Waals surface area contributed by atoms with Crippen LogP contribution in [0.1, 0.15) is 88.2 Å². The Hall–Kier alpha value is -0.500. The van der Waals surface area contributed by atoms with Gasteiger partial charge in [0.25, 0.3) is 0 Å². The first-order valence-corrected chi connectivity index (χ1v) is 13.2. The number of hydrogen-bond acceptors (Lipinski definition) is 1. The minimum atomic E-state index is 0.404. The van der Waals surface area contributed by atoms with Crippen LogP contribution in [-0.4, -0.2) is 7.11 Å². The van der Waals surface area contributed by atoms with Crippen molar-refractivity contribution < 1.29 is 4.74 Å². The summed E-state index contributed by atoms with van der Waals surface area (Å²) >= 11 is 3.98. The molecule has 8 aliphatic rings. The molecule has 0 unspecified atom stereocenters. The molecule has 1 nitrogen and oxygen atoms in total. The summed E-state index contributed by atoms with van der Waals surface area (Å²) in [5, 5.41) is 0. The van der Waals surface area contributed by atoms with E-state index in [4.69, 9.17) is 4.74 Å². The van der Waals surface area contributed by atoms with Gasteiger partial charge in [-0.25, -0.2) is 0 Å². The Morgan fingerprint density at radius 2 is 0.966 bits per heavy atom. The van der Waals surface area contributed by atoms with Crippen LogP contribution in [-0.2, 0) is 10.8 Å². The molecular weight excluding hydrogens is 420 g/mol. The van der Waals surface area contributed by atoms with Crippen molar-refractivity contribution in [3.8, 4) is 5.75 Å². The molecule has 9 rings (SSSR count). The highest BCUT2D eigenvalue weighted by Gasteiger charge is 2.55. The summed E-state index contributed by atoms with van der Waals surface area (Å²) in [6, 6.07) is 4.96. The van der Waals surface area contributed by atoms with E-state index in [-0.39, 0.29) is 0 Å². The van der Waals surface area contributed by atoms with Gasteiger partial charge in [0.15, 0.2) is 0 Å². The molecule has 1 aromatic carbocycles. The third kappa shape index (κ3) is 2.56. The van der Waals surface area contributed by atoms with Gasteiger partial charge in [-0.1, -0.05) is 15.9 Å². The Balaban J connectivity index is 1.38. The highest BCUT2D eigenvalue weighted by Crippen LogP contribution is 2.65. The van der Waals surface area contributed by atoms with Crippen LogP contribution in [0.15, 0.2) is 16.6 Å². The second kappa shape index (κ2) is 6.05. The molecule has 0 saturated heterocycles. The maximum Gasteiger partial charge on any atom is 0.126 e. The smallest absolute Gasteiger partial charge is 0.126 e. The molecular formula is C27H35BrO. The normalized spacial score (nSPS) is 49.0. The first-order valence-electron chi connectivity index (χ1n) is 12.4. The Kier molecular flexibility index (Phi) is 3.78. The van der Waals surface area contributed by atoms with Crippen LogP contribution in [0.2, 0.25) is 0 Å². The summed E-state index contributed by atoms with van der Waals surface area (Å²) in [7, 11) is 1.97. The molecule has 8 fully saturated rings. The summed E-state index contributed by atoms with van der Waals surface area (Å²) < 4.78 is 7.70. The van der Waals surface area contributed by atoms with Crippen LogP contribution >= 0.6 is 15.9 Å². The third-order valence-corrected chi connectivity index (χ3v) is 10.9. The highest BCUT2D eigenvalue weighted by molar-refractivity contribution is 9.10. The van der Waals surface area contributed by atoms with E-state index in [0.29, 0.717) is 10.8 Å². The fourth-order valence-electron chi connectivity index (χ4n) is 10.5. The molecule has 8 bridgehead atoms. The molecule has 0 amide bonds. The third-order valence-electron chi connectivity index (χ3n) is 10.5. The molecule has 8 aliphatic carbocycles. The molecule has 0 N–H and O–H groups in total. The van der Waals surface area contributed by atoms with E-state index in [1.165, 1.54) is 87.3 Å². The predicted molar refractivity (Wildman–Crippen MR) is 120 cm³/mol. The van der Waals surface area contributed by atoms with Gasteiger partial charge in [-0.05, 0) is 136 Å². The van der Waals surface area contributed by atoms with Crippen LogP contribution in [0.5, 0.6) is 5.75 Å². The Labute approximate surface area is 184 Å². The maximum absolute atomic E-state index is 6.39. The lowest BCUT2D eigenvalue weighted by Crippen LogP contribution is -2.50. The number of ether oxygens (including phenoxy) is 1. The van der Waals surface area contributed by atoms with Crippen LogP contribution in [0, 0.1) is 35.5 Å². The maximum atomic E-state index is 6.39. The lowest BCUT2D eigenvalue weighted by Gasteiger charge is -2.59. The van der Waals surface area contributed by atoms with Crippen molar-refractivity contribution in [3.63, 3.8) is 0 Å². The highest BCUT2D eigenvalue weighted by atomic mass is 79.9. The Bertz CT molecular complexity index is 719. The molecule has 0 aliphatic heterocycles. The topological polar surface area (TPSA) is 9.23 Å². The average Bonchev–Trinajstić information content (AvgIpc) is 2.65. The van der Waals surface area contributed by atoms with E-state index in [0.717, 1.165) is 35.5 Å². The second-order valence-corrected chi connectivity index (χ2v) is 13.3. The van der Waals surface area contributed by atoms with Crippen molar-refractivity contribution >= 4 is 15.9 Å². The number of hydrogen-bond donors (Lipinski definition) is 0. The standard InChI is InChI=1S/C27H35BrO/c1-29-25-23(26-10-16-2-17(11-26)4-18(3-16)12-26)8-22(28)9-24(25)27-13-19-5-20(14-27)7-21(6-19)15-27/h8-9,16-21H,2-7,10-15H2,1H3/t16-,17+,18-,19-,20+,21?,26?,27?. The van der Waals surface area contributed by atoms with Crippen molar-refractivity contribution in [3.05, 3.63) is 27.7 Å². The molecule has 0 heterocycles. The minimum Gasteiger partial charge on any atom is -0.496 e. The summed E-state index contributed by atoms with van der Waals surface area (Å²) in [5.41, 5.74) is 4.00. The van der Waals surface area contributed by atoms with Crippen LogP contribution in [0.3, 0.4) is 0 Å². The van der Waals surface area contributed by atoms with Gasteiger partial charge < -0.3 is 4.74 Å². The molecule has 2 heteroatoms. The zero-order valence-electron chi connectivity index (χ0n) is 17.9. The minimum absolute atomic E-state index is 0.404. The number of halogens is 1. The number of rotatable bonds is 3. The molecule has 156 valence electrons. The van der Waals surface area contributed by atoms with E-state index in [2.05, 4.69) is 28.1 Å². The molecule has 0 spiro atoms. The number of methoxy groups -OCH3 is 1. The number of benzene rings is 1. The molecule has 0 aromatic heterocycles. The van der Waals surface area contributed by atoms with Crippen molar-refractivity contribution in [1.82, 2.24) is 0 Å². The van der Waals surface area contributed by atoms with Crippen LogP contribution in [0.4, 0.5) is 0 Å². The van der Waals surface area contributed by atoms with E-state index < -0.39 is 0 Å². The lowest BCUT2D eigenvalue weighted by molar-refractivity contribution is -0.0103. The zero-order valence-corrected chi connectivity index (χ0v) is 19.5. The van der Waals surface area contributed by atoms with E-state index in [1.807, 2.05) is 7.11 Å². The van der Waals surface area contributed by atoms with Gasteiger partial charge in [0, 0.05) is 15.6 Å². The molecule has 0 atom stereocenters. The molecule has 8 saturated carbocycles. The van der Waals surface area contributed by atoms with Gasteiger partial charge in [0.1, 0.15) is 5.75 Å². The van der Waals surface area contributed by atoms with Crippen molar-refractivity contribution in [2.45, 2.75) is 87.9 Å². The lowest BCUT2D eigenvalue weighted by atomic mass is 9.46. The summed E-state index contributed by atoms with van der Waals surface area (Å²) in [6.45, 7) is 0. The Morgan fingerprint density at radius 1 is 0.655 bits per heavy atom. The van der Waals surface area contributed by atoms with Gasteiger partial charge in [0.2, 0.25) is 0 Å².